The Hall–Kier alpha value is -1.92. The molecule has 24 heavy (non-hydrogen) atoms. The maximum atomic E-state index is 13.3. The molecule has 2 aromatic carbocycles. The molecule has 0 N–H and O–H groups in total. The Labute approximate surface area is 142 Å². The van der Waals surface area contributed by atoms with Crippen molar-refractivity contribution in [3.05, 3.63) is 59.9 Å². The second-order valence-corrected chi connectivity index (χ2v) is 8.13. The summed E-state index contributed by atoms with van der Waals surface area (Å²) in [6.07, 6.45) is 2.39. The van der Waals surface area contributed by atoms with E-state index in [-0.39, 0.29) is 11.4 Å². The average molecular weight is 348 g/mol. The molecule has 0 saturated carbocycles. The predicted molar refractivity (Wildman–Crippen MR) is 92.9 cm³/mol. The number of nitrogens with zero attached hydrogens (tertiary/aromatic N) is 2. The molecule has 0 aliphatic carbocycles. The quantitative estimate of drug-likeness (QED) is 0.833. The van der Waals surface area contributed by atoms with Gasteiger partial charge in [-0.25, -0.2) is 12.8 Å². The van der Waals surface area contributed by atoms with Gasteiger partial charge in [0.2, 0.25) is 10.0 Å². The van der Waals surface area contributed by atoms with Crippen molar-refractivity contribution in [2.75, 3.05) is 25.0 Å². The van der Waals surface area contributed by atoms with Gasteiger partial charge >= 0.3 is 0 Å². The summed E-state index contributed by atoms with van der Waals surface area (Å²) in [5.74, 6) is -0.555. The first kappa shape index (κ1) is 16.9. The molecule has 1 aliphatic heterocycles. The lowest BCUT2D eigenvalue weighted by atomic mass is 10.2. The number of sulfonamides is 1. The van der Waals surface area contributed by atoms with Crippen molar-refractivity contribution in [2.45, 2.75) is 24.3 Å². The largest absolute Gasteiger partial charge is 0.372 e. The van der Waals surface area contributed by atoms with Crippen LogP contribution in [-0.4, -0.2) is 32.9 Å². The minimum Gasteiger partial charge on any atom is -0.372 e. The van der Waals surface area contributed by atoms with Gasteiger partial charge in [-0.05, 0) is 48.7 Å². The zero-order valence-electron chi connectivity index (χ0n) is 13.7. The van der Waals surface area contributed by atoms with Crippen LogP contribution in [0.2, 0.25) is 0 Å². The first-order valence-corrected chi connectivity index (χ1v) is 9.46. The number of hydrogen-bond donors (Lipinski definition) is 0. The monoisotopic (exact) mass is 348 g/mol. The molecule has 1 aliphatic rings. The van der Waals surface area contributed by atoms with Gasteiger partial charge in [0, 0.05) is 32.4 Å². The summed E-state index contributed by atoms with van der Waals surface area (Å²) in [6.45, 7) is 2.34. The molecule has 2 aromatic rings. The second-order valence-electron chi connectivity index (χ2n) is 6.08. The van der Waals surface area contributed by atoms with Crippen molar-refractivity contribution >= 4 is 15.7 Å². The average Bonchev–Trinajstić information content (AvgIpc) is 3.09. The Kier molecular flexibility index (Phi) is 4.87. The van der Waals surface area contributed by atoms with Crippen LogP contribution < -0.4 is 4.90 Å². The third-order valence-corrected chi connectivity index (χ3v) is 6.09. The number of benzene rings is 2. The van der Waals surface area contributed by atoms with Crippen LogP contribution in [0.4, 0.5) is 10.1 Å². The van der Waals surface area contributed by atoms with Gasteiger partial charge in [-0.1, -0.05) is 18.2 Å². The maximum absolute atomic E-state index is 13.3. The molecule has 0 atom stereocenters. The summed E-state index contributed by atoms with van der Waals surface area (Å²) in [4.78, 5) is 2.28. The zero-order valence-corrected chi connectivity index (χ0v) is 14.5. The first-order valence-electron chi connectivity index (χ1n) is 8.02. The Morgan fingerprint density at radius 3 is 2.50 bits per heavy atom. The van der Waals surface area contributed by atoms with Crippen LogP contribution in [0.25, 0.3) is 0 Å². The van der Waals surface area contributed by atoms with E-state index in [1.165, 1.54) is 42.4 Å². The first-order chi connectivity index (χ1) is 11.5. The van der Waals surface area contributed by atoms with Gasteiger partial charge < -0.3 is 4.90 Å². The summed E-state index contributed by atoms with van der Waals surface area (Å²) in [5, 5.41) is 0. The highest BCUT2D eigenvalue weighted by Gasteiger charge is 2.21. The smallest absolute Gasteiger partial charge is 0.243 e. The Morgan fingerprint density at radius 2 is 1.79 bits per heavy atom. The molecule has 4 nitrogen and oxygen atoms in total. The number of halogens is 1. The van der Waals surface area contributed by atoms with Gasteiger partial charge in [0.25, 0.3) is 0 Å². The zero-order chi connectivity index (χ0) is 17.2. The third-order valence-electron chi connectivity index (χ3n) is 4.29. The molecule has 1 heterocycles. The lowest BCUT2D eigenvalue weighted by molar-refractivity contribution is 0.466. The van der Waals surface area contributed by atoms with E-state index in [1.807, 2.05) is 18.2 Å². The molecule has 1 saturated heterocycles. The Balaban J connectivity index is 1.79. The number of rotatable bonds is 5. The van der Waals surface area contributed by atoms with Crippen molar-refractivity contribution in [1.29, 1.82) is 0 Å². The molecule has 0 bridgehead atoms. The standard InChI is InChI=1S/C18H21FN2O2S/c1-20(24(22,23)18-9-5-7-16(19)13-18)14-15-6-4-8-17(12-15)21-10-2-3-11-21/h4-9,12-13H,2-3,10-11,14H2,1H3. The van der Waals surface area contributed by atoms with Crippen LogP contribution in [-0.2, 0) is 16.6 Å². The van der Waals surface area contributed by atoms with E-state index >= 15 is 0 Å². The van der Waals surface area contributed by atoms with Crippen molar-refractivity contribution in [3.63, 3.8) is 0 Å². The van der Waals surface area contributed by atoms with Crippen LogP contribution in [0, 0.1) is 5.82 Å². The summed E-state index contributed by atoms with van der Waals surface area (Å²) in [6, 6.07) is 13.0. The molecule has 0 aromatic heterocycles. The van der Waals surface area contributed by atoms with E-state index in [4.69, 9.17) is 0 Å². The van der Waals surface area contributed by atoms with E-state index in [1.54, 1.807) is 0 Å². The highest BCUT2D eigenvalue weighted by Crippen LogP contribution is 2.23. The SMILES string of the molecule is CN(Cc1cccc(N2CCCC2)c1)S(=O)(=O)c1cccc(F)c1. The highest BCUT2D eigenvalue weighted by atomic mass is 32.2. The molecule has 3 rings (SSSR count). The van der Waals surface area contributed by atoms with Gasteiger partial charge in [0.1, 0.15) is 5.82 Å². The van der Waals surface area contributed by atoms with Gasteiger partial charge in [0.05, 0.1) is 4.90 Å². The van der Waals surface area contributed by atoms with E-state index in [9.17, 15) is 12.8 Å². The molecule has 128 valence electrons. The minimum absolute atomic E-state index is 0.0271. The summed E-state index contributed by atoms with van der Waals surface area (Å²) in [5.41, 5.74) is 2.04. The molecule has 6 heteroatoms. The van der Waals surface area contributed by atoms with Gasteiger partial charge in [-0.2, -0.15) is 4.31 Å². The van der Waals surface area contributed by atoms with Gasteiger partial charge in [0.15, 0.2) is 0 Å². The fraction of sp³-hybridized carbons (Fsp3) is 0.333. The Morgan fingerprint density at radius 1 is 1.08 bits per heavy atom. The maximum Gasteiger partial charge on any atom is 0.243 e. The van der Waals surface area contributed by atoms with Gasteiger partial charge in [-0.15, -0.1) is 0 Å². The van der Waals surface area contributed by atoms with Crippen LogP contribution in [0.15, 0.2) is 53.4 Å². The molecular formula is C18H21FN2O2S. The molecular weight excluding hydrogens is 327 g/mol. The third kappa shape index (κ3) is 3.60. The summed E-state index contributed by atoms with van der Waals surface area (Å²) >= 11 is 0. The fourth-order valence-electron chi connectivity index (χ4n) is 2.98. The molecule has 0 amide bonds. The summed E-state index contributed by atoms with van der Waals surface area (Å²) < 4.78 is 39.7. The fourth-order valence-corrected chi connectivity index (χ4v) is 4.17. The normalized spacial score (nSPS) is 15.2. The lowest BCUT2D eigenvalue weighted by Crippen LogP contribution is -2.26. The number of anilines is 1. The molecule has 0 unspecified atom stereocenters. The van der Waals surface area contributed by atoms with E-state index < -0.39 is 15.8 Å². The second kappa shape index (κ2) is 6.91. The van der Waals surface area contributed by atoms with Crippen LogP contribution in [0.3, 0.4) is 0 Å². The van der Waals surface area contributed by atoms with E-state index in [0.29, 0.717) is 0 Å². The van der Waals surface area contributed by atoms with Crippen molar-refractivity contribution in [2.24, 2.45) is 0 Å². The molecule has 1 fully saturated rings. The topological polar surface area (TPSA) is 40.6 Å². The van der Waals surface area contributed by atoms with Crippen LogP contribution >= 0.6 is 0 Å². The Bertz CT molecular complexity index is 817. The van der Waals surface area contributed by atoms with Crippen molar-refractivity contribution in [1.82, 2.24) is 4.31 Å². The van der Waals surface area contributed by atoms with Gasteiger partial charge in [-0.3, -0.25) is 0 Å². The van der Waals surface area contributed by atoms with Crippen molar-refractivity contribution in [3.8, 4) is 0 Å². The van der Waals surface area contributed by atoms with Crippen LogP contribution in [0.1, 0.15) is 18.4 Å². The summed E-state index contributed by atoms with van der Waals surface area (Å²) in [7, 11) is -2.20. The molecule has 0 radical (unpaired) electrons. The lowest BCUT2D eigenvalue weighted by Gasteiger charge is -2.21. The van der Waals surface area contributed by atoms with E-state index in [0.717, 1.165) is 30.4 Å². The van der Waals surface area contributed by atoms with Crippen LogP contribution in [0.5, 0.6) is 0 Å². The van der Waals surface area contributed by atoms with Crippen molar-refractivity contribution < 1.29 is 12.8 Å². The minimum atomic E-state index is -3.71. The highest BCUT2D eigenvalue weighted by molar-refractivity contribution is 7.89. The number of hydrogen-bond acceptors (Lipinski definition) is 3. The predicted octanol–water partition coefficient (Wildman–Crippen LogP) is 3.25. The molecule has 0 spiro atoms. The van der Waals surface area contributed by atoms with E-state index in [2.05, 4.69) is 11.0 Å².